The van der Waals surface area contributed by atoms with E-state index in [2.05, 4.69) is 15.2 Å². The molecular weight excluding hydrogens is 240 g/mol. The van der Waals surface area contributed by atoms with Gasteiger partial charge in [0.1, 0.15) is 5.69 Å². The van der Waals surface area contributed by atoms with E-state index >= 15 is 0 Å². The van der Waals surface area contributed by atoms with Gasteiger partial charge in [-0.2, -0.15) is 5.10 Å². The Balaban J connectivity index is 1.81. The highest BCUT2D eigenvalue weighted by Gasteiger charge is 2.20. The molecule has 19 heavy (non-hydrogen) atoms. The highest BCUT2D eigenvalue weighted by Crippen LogP contribution is 2.23. The number of likely N-dealkylation sites (tertiary alicyclic amines) is 1. The van der Waals surface area contributed by atoms with E-state index in [-0.39, 0.29) is 5.91 Å². The molecule has 1 saturated heterocycles. The van der Waals surface area contributed by atoms with Crippen LogP contribution in [0.5, 0.6) is 0 Å². The number of aromatic amines is 2. The van der Waals surface area contributed by atoms with Crippen molar-refractivity contribution in [2.45, 2.75) is 26.2 Å². The highest BCUT2D eigenvalue weighted by atomic mass is 16.2. The number of amides is 1. The maximum Gasteiger partial charge on any atom is 0.270 e. The van der Waals surface area contributed by atoms with Crippen LogP contribution in [0.2, 0.25) is 0 Å². The number of carbonyl (C=O) groups excluding carboxylic acids is 1. The molecular formula is C14H18N4O. The molecule has 2 aromatic rings. The Labute approximate surface area is 112 Å². The standard InChI is InChI=1S/C14H18N4O/c1-10-12(9-16-17-10)11-7-13(15-8-11)14(19)18-5-3-2-4-6-18/h7-9,15H,2-6H2,1H3,(H,16,17). The molecule has 0 bridgehead atoms. The summed E-state index contributed by atoms with van der Waals surface area (Å²) < 4.78 is 0. The SMILES string of the molecule is Cc1[nH]ncc1-c1c[nH]c(C(=O)N2CCCCC2)c1. The predicted molar refractivity (Wildman–Crippen MR) is 72.9 cm³/mol. The lowest BCUT2D eigenvalue weighted by atomic mass is 10.1. The number of rotatable bonds is 2. The van der Waals surface area contributed by atoms with Crippen molar-refractivity contribution in [3.63, 3.8) is 0 Å². The molecule has 2 N–H and O–H groups in total. The van der Waals surface area contributed by atoms with Crippen molar-refractivity contribution in [3.8, 4) is 11.1 Å². The molecule has 3 rings (SSSR count). The van der Waals surface area contributed by atoms with Crippen molar-refractivity contribution in [2.24, 2.45) is 0 Å². The number of H-pyrrole nitrogens is 2. The van der Waals surface area contributed by atoms with Gasteiger partial charge < -0.3 is 9.88 Å². The van der Waals surface area contributed by atoms with Gasteiger partial charge in [0.25, 0.3) is 5.91 Å². The molecule has 5 heteroatoms. The summed E-state index contributed by atoms with van der Waals surface area (Å²) in [5.74, 6) is 0.104. The van der Waals surface area contributed by atoms with E-state index in [4.69, 9.17) is 0 Å². The third-order valence-corrected chi connectivity index (χ3v) is 3.70. The summed E-state index contributed by atoms with van der Waals surface area (Å²) in [6.45, 7) is 3.72. The molecule has 0 aromatic carbocycles. The van der Waals surface area contributed by atoms with E-state index in [0.717, 1.165) is 42.8 Å². The fraction of sp³-hybridized carbons (Fsp3) is 0.429. The number of nitrogens with one attached hydrogen (secondary N) is 2. The summed E-state index contributed by atoms with van der Waals surface area (Å²) in [6.07, 6.45) is 7.11. The smallest absolute Gasteiger partial charge is 0.270 e. The van der Waals surface area contributed by atoms with Crippen LogP contribution in [0.1, 0.15) is 35.4 Å². The van der Waals surface area contributed by atoms with E-state index in [1.165, 1.54) is 6.42 Å². The van der Waals surface area contributed by atoms with E-state index in [9.17, 15) is 4.79 Å². The van der Waals surface area contributed by atoms with Gasteiger partial charge in [0.05, 0.1) is 6.20 Å². The lowest BCUT2D eigenvalue weighted by molar-refractivity contribution is 0.0719. The molecule has 0 spiro atoms. The molecule has 3 heterocycles. The zero-order valence-electron chi connectivity index (χ0n) is 11.1. The van der Waals surface area contributed by atoms with Crippen molar-refractivity contribution in [1.29, 1.82) is 0 Å². The third-order valence-electron chi connectivity index (χ3n) is 3.70. The lowest BCUT2D eigenvalue weighted by Crippen LogP contribution is -2.35. The lowest BCUT2D eigenvalue weighted by Gasteiger charge is -2.26. The quantitative estimate of drug-likeness (QED) is 0.868. The molecule has 0 saturated carbocycles. The van der Waals surface area contributed by atoms with Crippen LogP contribution in [0.4, 0.5) is 0 Å². The molecule has 100 valence electrons. The maximum absolute atomic E-state index is 12.3. The van der Waals surface area contributed by atoms with Gasteiger partial charge in [-0.1, -0.05) is 0 Å². The first-order valence-corrected chi connectivity index (χ1v) is 6.74. The van der Waals surface area contributed by atoms with Gasteiger partial charge in [-0.05, 0) is 32.3 Å². The Morgan fingerprint density at radius 3 is 2.79 bits per heavy atom. The van der Waals surface area contributed by atoms with Gasteiger partial charge in [0, 0.05) is 36.1 Å². The zero-order chi connectivity index (χ0) is 13.2. The predicted octanol–water partition coefficient (Wildman–Crippen LogP) is 2.34. The van der Waals surface area contributed by atoms with Gasteiger partial charge in [-0.15, -0.1) is 0 Å². The van der Waals surface area contributed by atoms with Crippen molar-refractivity contribution >= 4 is 5.91 Å². The van der Waals surface area contributed by atoms with Crippen molar-refractivity contribution in [1.82, 2.24) is 20.1 Å². The molecule has 2 aromatic heterocycles. The van der Waals surface area contributed by atoms with Crippen LogP contribution >= 0.6 is 0 Å². The number of carbonyl (C=O) groups is 1. The summed E-state index contributed by atoms with van der Waals surface area (Å²) in [5.41, 5.74) is 3.72. The van der Waals surface area contributed by atoms with Crippen LogP contribution in [0.3, 0.4) is 0 Å². The minimum Gasteiger partial charge on any atom is -0.357 e. The molecule has 0 atom stereocenters. The Bertz CT molecular complexity index is 578. The molecule has 5 nitrogen and oxygen atoms in total. The third kappa shape index (κ3) is 2.28. The first-order chi connectivity index (χ1) is 9.25. The molecule has 0 radical (unpaired) electrons. The summed E-state index contributed by atoms with van der Waals surface area (Å²) in [5, 5.41) is 6.92. The van der Waals surface area contributed by atoms with Gasteiger partial charge in [0.2, 0.25) is 0 Å². The summed E-state index contributed by atoms with van der Waals surface area (Å²) in [6, 6.07) is 1.91. The zero-order valence-corrected chi connectivity index (χ0v) is 11.1. The number of aryl methyl sites for hydroxylation is 1. The molecule has 1 fully saturated rings. The van der Waals surface area contributed by atoms with Gasteiger partial charge in [-0.25, -0.2) is 0 Å². The van der Waals surface area contributed by atoms with Crippen LogP contribution in [0.25, 0.3) is 11.1 Å². The van der Waals surface area contributed by atoms with Crippen molar-refractivity contribution < 1.29 is 4.79 Å². The Morgan fingerprint density at radius 1 is 1.32 bits per heavy atom. The second-order valence-electron chi connectivity index (χ2n) is 5.06. The topological polar surface area (TPSA) is 64.8 Å². The van der Waals surface area contributed by atoms with Crippen LogP contribution in [0, 0.1) is 6.92 Å². The second kappa shape index (κ2) is 4.91. The van der Waals surface area contributed by atoms with Crippen molar-refractivity contribution in [2.75, 3.05) is 13.1 Å². The van der Waals surface area contributed by atoms with Crippen LogP contribution in [-0.2, 0) is 0 Å². The number of piperidine rings is 1. The van der Waals surface area contributed by atoms with Crippen molar-refractivity contribution in [3.05, 3.63) is 29.8 Å². The Morgan fingerprint density at radius 2 is 2.11 bits per heavy atom. The summed E-state index contributed by atoms with van der Waals surface area (Å²) >= 11 is 0. The summed E-state index contributed by atoms with van der Waals surface area (Å²) in [7, 11) is 0. The number of nitrogens with zero attached hydrogens (tertiary/aromatic N) is 2. The second-order valence-corrected chi connectivity index (χ2v) is 5.06. The Hall–Kier alpha value is -2.04. The van der Waals surface area contributed by atoms with Gasteiger partial charge in [-0.3, -0.25) is 9.89 Å². The monoisotopic (exact) mass is 258 g/mol. The average molecular weight is 258 g/mol. The maximum atomic E-state index is 12.3. The van der Waals surface area contributed by atoms with Gasteiger partial charge in [0.15, 0.2) is 0 Å². The fourth-order valence-electron chi connectivity index (χ4n) is 2.58. The molecule has 1 amide bonds. The minimum absolute atomic E-state index is 0.104. The first-order valence-electron chi connectivity index (χ1n) is 6.74. The van der Waals surface area contributed by atoms with E-state index in [1.54, 1.807) is 6.20 Å². The van der Waals surface area contributed by atoms with Gasteiger partial charge >= 0.3 is 0 Å². The van der Waals surface area contributed by atoms with E-state index in [1.807, 2.05) is 24.1 Å². The number of aromatic nitrogens is 3. The molecule has 0 unspecified atom stereocenters. The molecule has 1 aliphatic heterocycles. The van der Waals surface area contributed by atoms with Crippen LogP contribution < -0.4 is 0 Å². The fourth-order valence-corrected chi connectivity index (χ4v) is 2.58. The number of hydrogen-bond donors (Lipinski definition) is 2. The normalized spacial score (nSPS) is 15.7. The molecule has 0 aliphatic carbocycles. The van der Waals surface area contributed by atoms with E-state index < -0.39 is 0 Å². The summed E-state index contributed by atoms with van der Waals surface area (Å²) in [4.78, 5) is 17.4. The largest absolute Gasteiger partial charge is 0.357 e. The van der Waals surface area contributed by atoms with E-state index in [0.29, 0.717) is 5.69 Å². The molecule has 1 aliphatic rings. The number of hydrogen-bond acceptors (Lipinski definition) is 2. The Kier molecular flexibility index (Phi) is 3.11. The van der Waals surface area contributed by atoms with Crippen LogP contribution in [-0.4, -0.2) is 39.1 Å². The van der Waals surface area contributed by atoms with Crippen LogP contribution in [0.15, 0.2) is 18.5 Å². The first kappa shape index (κ1) is 12.0. The minimum atomic E-state index is 0.104. The highest BCUT2D eigenvalue weighted by molar-refractivity contribution is 5.94. The average Bonchev–Trinajstić information content (AvgIpc) is 3.07.